The fourth-order valence-corrected chi connectivity index (χ4v) is 2.84. The summed E-state index contributed by atoms with van der Waals surface area (Å²) in [7, 11) is 3.72. The van der Waals surface area contributed by atoms with Crippen LogP contribution < -0.4 is 10.6 Å². The van der Waals surface area contributed by atoms with Gasteiger partial charge in [-0.05, 0) is 37.7 Å². The Morgan fingerprint density at radius 3 is 2.82 bits per heavy atom. The summed E-state index contributed by atoms with van der Waals surface area (Å²) in [6.07, 6.45) is 6.82. The molecule has 1 heterocycles. The number of hydrogen-bond acceptors (Lipinski definition) is 3. The topological polar surface area (TPSA) is 63.5 Å². The van der Waals surface area contributed by atoms with Crippen molar-refractivity contribution in [1.82, 2.24) is 20.4 Å². The minimum atomic E-state index is 0.388. The molecule has 6 nitrogen and oxygen atoms in total. The molecule has 1 aliphatic rings. The largest absolute Gasteiger partial charge is 0.385 e. The zero-order valence-electron chi connectivity index (χ0n) is 14.1. The second-order valence-electron chi connectivity index (χ2n) is 6.09. The third kappa shape index (κ3) is 4.47. The Balaban J connectivity index is 1.89. The third-order valence-electron chi connectivity index (χ3n) is 4.55. The van der Waals surface area contributed by atoms with Crippen LogP contribution in [0.3, 0.4) is 0 Å². The van der Waals surface area contributed by atoms with Crippen molar-refractivity contribution in [3.8, 4) is 0 Å². The summed E-state index contributed by atoms with van der Waals surface area (Å²) < 4.78 is 7.11. The van der Waals surface area contributed by atoms with E-state index in [9.17, 15) is 0 Å². The highest BCUT2D eigenvalue weighted by Gasteiger charge is 2.36. The van der Waals surface area contributed by atoms with Crippen molar-refractivity contribution in [2.75, 3.05) is 26.8 Å². The number of aromatic nitrogens is 2. The van der Waals surface area contributed by atoms with Gasteiger partial charge in [-0.2, -0.15) is 5.10 Å². The van der Waals surface area contributed by atoms with Gasteiger partial charge in [0.1, 0.15) is 0 Å². The number of ether oxygens (including phenoxy) is 1. The summed E-state index contributed by atoms with van der Waals surface area (Å²) in [5.74, 6) is 0.882. The smallest absolute Gasteiger partial charge is 0.191 e. The number of methoxy groups -OCH3 is 1. The predicted octanol–water partition coefficient (Wildman–Crippen LogP) is 1.68. The average Bonchev–Trinajstić information content (AvgIpc) is 2.88. The van der Waals surface area contributed by atoms with Crippen molar-refractivity contribution in [1.29, 1.82) is 0 Å². The highest BCUT2D eigenvalue weighted by molar-refractivity contribution is 5.79. The highest BCUT2D eigenvalue weighted by Crippen LogP contribution is 2.43. The van der Waals surface area contributed by atoms with Gasteiger partial charge in [0.2, 0.25) is 0 Å². The first-order valence-corrected chi connectivity index (χ1v) is 8.17. The van der Waals surface area contributed by atoms with Gasteiger partial charge < -0.3 is 15.4 Å². The first-order valence-electron chi connectivity index (χ1n) is 8.17. The van der Waals surface area contributed by atoms with Gasteiger partial charge in [0.15, 0.2) is 5.96 Å². The van der Waals surface area contributed by atoms with E-state index in [4.69, 9.17) is 4.74 Å². The third-order valence-corrected chi connectivity index (χ3v) is 4.55. The Kier molecular flexibility index (Phi) is 6.24. The fraction of sp³-hybridized carbons (Fsp3) is 0.750. The van der Waals surface area contributed by atoms with Crippen LogP contribution >= 0.6 is 0 Å². The van der Waals surface area contributed by atoms with Crippen LogP contribution in [0.5, 0.6) is 0 Å². The van der Waals surface area contributed by atoms with E-state index in [0.29, 0.717) is 12.0 Å². The molecule has 0 unspecified atom stereocenters. The molecule has 124 valence electrons. The van der Waals surface area contributed by atoms with Gasteiger partial charge in [-0.1, -0.05) is 6.42 Å². The van der Waals surface area contributed by atoms with Crippen molar-refractivity contribution in [2.24, 2.45) is 17.5 Å². The molecule has 0 amide bonds. The van der Waals surface area contributed by atoms with Gasteiger partial charge in [0.05, 0.1) is 12.2 Å². The van der Waals surface area contributed by atoms with Crippen LogP contribution in [-0.4, -0.2) is 42.5 Å². The second kappa shape index (κ2) is 8.17. The Morgan fingerprint density at radius 2 is 2.27 bits per heavy atom. The molecule has 1 aromatic rings. The fourth-order valence-electron chi connectivity index (χ4n) is 2.84. The molecule has 0 bridgehead atoms. The lowest BCUT2D eigenvalue weighted by Gasteiger charge is -2.42. The van der Waals surface area contributed by atoms with E-state index < -0.39 is 0 Å². The lowest BCUT2D eigenvalue weighted by Crippen LogP contribution is -2.47. The summed E-state index contributed by atoms with van der Waals surface area (Å²) in [6, 6.07) is 2.00. The zero-order chi connectivity index (χ0) is 15.8. The maximum Gasteiger partial charge on any atom is 0.191 e. The number of nitrogens with zero attached hydrogens (tertiary/aromatic N) is 3. The first-order chi connectivity index (χ1) is 10.7. The van der Waals surface area contributed by atoms with Crippen LogP contribution in [0.1, 0.15) is 38.3 Å². The van der Waals surface area contributed by atoms with Gasteiger partial charge in [-0.15, -0.1) is 0 Å². The van der Waals surface area contributed by atoms with E-state index in [0.717, 1.165) is 37.8 Å². The van der Waals surface area contributed by atoms with E-state index in [1.54, 1.807) is 13.3 Å². The van der Waals surface area contributed by atoms with Crippen molar-refractivity contribution in [3.05, 3.63) is 18.0 Å². The number of hydrogen-bond donors (Lipinski definition) is 2. The van der Waals surface area contributed by atoms with Crippen molar-refractivity contribution < 1.29 is 4.74 Å². The van der Waals surface area contributed by atoms with Crippen molar-refractivity contribution in [2.45, 2.75) is 39.2 Å². The standard InChI is InChI=1S/C16H29N5O/c1-4-17-15(18-12-14-6-10-20-21(14)2)19-13-16(7-5-8-16)9-11-22-3/h6,10H,4-5,7-9,11-13H2,1-3H3,(H2,17,18,19). The van der Waals surface area contributed by atoms with Crippen molar-refractivity contribution in [3.63, 3.8) is 0 Å². The molecule has 0 radical (unpaired) electrons. The molecule has 1 saturated carbocycles. The average molecular weight is 307 g/mol. The van der Waals surface area contributed by atoms with E-state index in [1.165, 1.54) is 19.3 Å². The molecule has 0 saturated heterocycles. The van der Waals surface area contributed by atoms with Crippen LogP contribution in [-0.2, 0) is 18.3 Å². The van der Waals surface area contributed by atoms with Crippen LogP contribution in [0, 0.1) is 5.41 Å². The molecule has 0 atom stereocenters. The number of aryl methyl sites for hydroxylation is 1. The molecule has 1 fully saturated rings. The number of nitrogens with one attached hydrogen (secondary N) is 2. The summed E-state index contributed by atoms with van der Waals surface area (Å²) in [6.45, 7) is 5.39. The first kappa shape index (κ1) is 16.8. The Morgan fingerprint density at radius 1 is 1.45 bits per heavy atom. The zero-order valence-corrected chi connectivity index (χ0v) is 14.1. The van der Waals surface area contributed by atoms with E-state index >= 15 is 0 Å². The van der Waals surface area contributed by atoms with Gasteiger partial charge in [0, 0.05) is 40.1 Å². The minimum Gasteiger partial charge on any atom is -0.385 e. The summed E-state index contributed by atoms with van der Waals surface area (Å²) in [5, 5.41) is 11.0. The highest BCUT2D eigenvalue weighted by atomic mass is 16.5. The van der Waals surface area contributed by atoms with Gasteiger partial charge in [-0.25, -0.2) is 4.99 Å². The summed E-state index contributed by atoms with van der Waals surface area (Å²) >= 11 is 0. The predicted molar refractivity (Wildman–Crippen MR) is 88.8 cm³/mol. The molecule has 0 spiro atoms. The molecular formula is C16H29N5O. The number of rotatable bonds is 8. The van der Waals surface area contributed by atoms with E-state index in [1.807, 2.05) is 17.8 Å². The maximum atomic E-state index is 5.25. The monoisotopic (exact) mass is 307 g/mol. The van der Waals surface area contributed by atoms with Crippen LogP contribution in [0.25, 0.3) is 0 Å². The second-order valence-corrected chi connectivity index (χ2v) is 6.09. The summed E-state index contributed by atoms with van der Waals surface area (Å²) in [4.78, 5) is 4.66. The quantitative estimate of drug-likeness (QED) is 0.566. The lowest BCUT2D eigenvalue weighted by atomic mass is 9.67. The van der Waals surface area contributed by atoms with Crippen molar-refractivity contribution >= 4 is 5.96 Å². The van der Waals surface area contributed by atoms with Gasteiger partial charge >= 0.3 is 0 Å². The molecule has 2 rings (SSSR count). The summed E-state index contributed by atoms with van der Waals surface area (Å²) in [5.41, 5.74) is 1.49. The molecular weight excluding hydrogens is 278 g/mol. The molecule has 2 N–H and O–H groups in total. The van der Waals surface area contributed by atoms with Crippen LogP contribution in [0.2, 0.25) is 0 Å². The molecule has 1 aliphatic carbocycles. The van der Waals surface area contributed by atoms with E-state index in [-0.39, 0.29) is 0 Å². The molecule has 0 aromatic carbocycles. The lowest BCUT2D eigenvalue weighted by molar-refractivity contribution is 0.0732. The molecule has 22 heavy (non-hydrogen) atoms. The number of aliphatic imine (C=N–C) groups is 1. The SMILES string of the molecule is CCNC(=NCc1ccnn1C)NCC1(CCOC)CCC1. The molecule has 1 aromatic heterocycles. The van der Waals surface area contributed by atoms with Crippen LogP contribution in [0.4, 0.5) is 0 Å². The maximum absolute atomic E-state index is 5.25. The number of guanidine groups is 1. The minimum absolute atomic E-state index is 0.388. The normalized spacial score (nSPS) is 17.1. The van der Waals surface area contributed by atoms with E-state index in [2.05, 4.69) is 27.6 Å². The molecule has 0 aliphatic heterocycles. The Hall–Kier alpha value is -1.56. The van der Waals surface area contributed by atoms with Crippen LogP contribution in [0.15, 0.2) is 17.3 Å². The Labute approximate surface area is 133 Å². The van der Waals surface area contributed by atoms with Gasteiger partial charge in [0.25, 0.3) is 0 Å². The van der Waals surface area contributed by atoms with Gasteiger partial charge in [-0.3, -0.25) is 4.68 Å². The molecule has 6 heteroatoms. The Bertz CT molecular complexity index is 479.